The summed E-state index contributed by atoms with van der Waals surface area (Å²) < 4.78 is 5.28. The van der Waals surface area contributed by atoms with Gasteiger partial charge in [-0.25, -0.2) is 0 Å². The number of aryl methyl sites for hydroxylation is 2. The van der Waals surface area contributed by atoms with Crippen LogP contribution in [0.4, 0.5) is 5.69 Å². The molecule has 0 radical (unpaired) electrons. The van der Waals surface area contributed by atoms with Gasteiger partial charge in [-0.05, 0) is 49.6 Å². The van der Waals surface area contributed by atoms with Crippen molar-refractivity contribution in [3.63, 3.8) is 0 Å². The molecule has 0 heterocycles. The van der Waals surface area contributed by atoms with Crippen LogP contribution in [0, 0.1) is 25.7 Å². The SMILES string of the molecule is COc1ccccc1CNC(=O)C1CC1C(=O)Nc1ccc(C)c(C)c1. The second-order valence-electron chi connectivity index (χ2n) is 6.77. The number of benzene rings is 2. The van der Waals surface area contributed by atoms with Crippen molar-refractivity contribution in [2.75, 3.05) is 12.4 Å². The molecular weight excluding hydrogens is 328 g/mol. The van der Waals surface area contributed by atoms with Crippen molar-refractivity contribution >= 4 is 17.5 Å². The van der Waals surface area contributed by atoms with Crippen molar-refractivity contribution in [2.45, 2.75) is 26.8 Å². The van der Waals surface area contributed by atoms with Gasteiger partial charge in [0.1, 0.15) is 5.75 Å². The van der Waals surface area contributed by atoms with Gasteiger partial charge in [-0.3, -0.25) is 9.59 Å². The van der Waals surface area contributed by atoms with E-state index in [0.29, 0.717) is 13.0 Å². The monoisotopic (exact) mass is 352 g/mol. The molecule has 2 aromatic carbocycles. The van der Waals surface area contributed by atoms with Gasteiger partial charge >= 0.3 is 0 Å². The van der Waals surface area contributed by atoms with Gasteiger partial charge in [0, 0.05) is 17.8 Å². The summed E-state index contributed by atoms with van der Waals surface area (Å²) in [7, 11) is 1.61. The number of hydrogen-bond donors (Lipinski definition) is 2. The summed E-state index contributed by atoms with van der Waals surface area (Å²) in [5.41, 5.74) is 4.01. The first-order valence-corrected chi connectivity index (χ1v) is 8.77. The Morgan fingerprint density at radius 2 is 1.77 bits per heavy atom. The lowest BCUT2D eigenvalue weighted by Crippen LogP contribution is -2.27. The van der Waals surface area contributed by atoms with E-state index >= 15 is 0 Å². The second-order valence-corrected chi connectivity index (χ2v) is 6.77. The van der Waals surface area contributed by atoms with Gasteiger partial charge in [0.25, 0.3) is 0 Å². The number of amides is 2. The molecule has 1 aliphatic rings. The van der Waals surface area contributed by atoms with E-state index in [4.69, 9.17) is 4.74 Å². The fraction of sp³-hybridized carbons (Fsp3) is 0.333. The second kappa shape index (κ2) is 7.60. The highest BCUT2D eigenvalue weighted by atomic mass is 16.5. The average molecular weight is 352 g/mol. The van der Waals surface area contributed by atoms with Crippen LogP contribution in [0.15, 0.2) is 42.5 Å². The summed E-state index contributed by atoms with van der Waals surface area (Å²) in [4.78, 5) is 24.7. The van der Waals surface area contributed by atoms with Gasteiger partial charge in [0.15, 0.2) is 0 Å². The number of carbonyl (C=O) groups excluding carboxylic acids is 2. The molecule has 1 fully saturated rings. The van der Waals surface area contributed by atoms with Crippen molar-refractivity contribution in [3.05, 3.63) is 59.2 Å². The Morgan fingerprint density at radius 1 is 1.04 bits per heavy atom. The smallest absolute Gasteiger partial charge is 0.228 e. The highest BCUT2D eigenvalue weighted by Crippen LogP contribution is 2.39. The predicted molar refractivity (Wildman–Crippen MR) is 101 cm³/mol. The number of methoxy groups -OCH3 is 1. The van der Waals surface area contributed by atoms with E-state index in [1.165, 1.54) is 5.56 Å². The van der Waals surface area contributed by atoms with Gasteiger partial charge in [0.2, 0.25) is 11.8 Å². The predicted octanol–water partition coefficient (Wildman–Crippen LogP) is 3.20. The molecule has 0 aliphatic heterocycles. The van der Waals surface area contributed by atoms with E-state index in [0.717, 1.165) is 22.6 Å². The molecule has 2 amide bonds. The Hall–Kier alpha value is -2.82. The molecule has 0 aromatic heterocycles. The number of carbonyl (C=O) groups is 2. The highest BCUT2D eigenvalue weighted by Gasteiger charge is 2.47. The van der Waals surface area contributed by atoms with Crippen molar-refractivity contribution in [3.8, 4) is 5.75 Å². The molecule has 0 saturated heterocycles. The third kappa shape index (κ3) is 4.04. The van der Waals surface area contributed by atoms with Crippen LogP contribution < -0.4 is 15.4 Å². The third-order valence-electron chi connectivity index (χ3n) is 4.88. The quantitative estimate of drug-likeness (QED) is 0.839. The zero-order chi connectivity index (χ0) is 18.7. The molecule has 1 aliphatic carbocycles. The van der Waals surface area contributed by atoms with Crippen molar-refractivity contribution < 1.29 is 14.3 Å². The summed E-state index contributed by atoms with van der Waals surface area (Å²) in [6.45, 7) is 4.44. The van der Waals surface area contributed by atoms with Crippen molar-refractivity contribution in [2.24, 2.45) is 11.8 Å². The van der Waals surface area contributed by atoms with Crippen molar-refractivity contribution in [1.82, 2.24) is 5.32 Å². The normalized spacial score (nSPS) is 18.1. The maximum absolute atomic E-state index is 12.3. The van der Waals surface area contributed by atoms with Gasteiger partial charge in [-0.15, -0.1) is 0 Å². The summed E-state index contributed by atoms with van der Waals surface area (Å²) in [6.07, 6.45) is 0.592. The van der Waals surface area contributed by atoms with E-state index in [1.54, 1.807) is 7.11 Å². The topological polar surface area (TPSA) is 67.4 Å². The molecule has 5 nitrogen and oxygen atoms in total. The van der Waals surface area contributed by atoms with Crippen LogP contribution in [-0.2, 0) is 16.1 Å². The lowest BCUT2D eigenvalue weighted by Gasteiger charge is -2.10. The molecular formula is C21H24N2O3. The molecule has 3 rings (SSSR count). The standard InChI is InChI=1S/C21H24N2O3/c1-13-8-9-16(10-14(13)2)23-21(25)18-11-17(18)20(24)22-12-15-6-4-5-7-19(15)26-3/h4-10,17-18H,11-12H2,1-3H3,(H,22,24)(H,23,25). The van der Waals surface area contributed by atoms with Crippen LogP contribution in [0.2, 0.25) is 0 Å². The Kier molecular flexibility index (Phi) is 5.26. The maximum Gasteiger partial charge on any atom is 0.228 e. The number of rotatable bonds is 6. The Bertz CT molecular complexity index is 832. The summed E-state index contributed by atoms with van der Waals surface area (Å²) >= 11 is 0. The largest absolute Gasteiger partial charge is 0.496 e. The number of para-hydroxylation sites is 1. The van der Waals surface area contributed by atoms with Gasteiger partial charge < -0.3 is 15.4 Å². The minimum atomic E-state index is -0.255. The van der Waals surface area contributed by atoms with Crippen LogP contribution in [0.1, 0.15) is 23.1 Å². The van der Waals surface area contributed by atoms with Crippen LogP contribution in [0.3, 0.4) is 0 Å². The summed E-state index contributed by atoms with van der Waals surface area (Å²) in [5, 5.41) is 5.81. The zero-order valence-corrected chi connectivity index (χ0v) is 15.3. The number of anilines is 1. The zero-order valence-electron chi connectivity index (χ0n) is 15.3. The van der Waals surface area contributed by atoms with Crippen molar-refractivity contribution in [1.29, 1.82) is 0 Å². The molecule has 2 unspecified atom stereocenters. The third-order valence-corrected chi connectivity index (χ3v) is 4.88. The molecule has 0 spiro atoms. The van der Waals surface area contributed by atoms with Gasteiger partial charge in [-0.1, -0.05) is 24.3 Å². The Morgan fingerprint density at radius 3 is 2.50 bits per heavy atom. The first-order chi connectivity index (χ1) is 12.5. The minimum Gasteiger partial charge on any atom is -0.496 e. The van der Waals surface area contributed by atoms with E-state index in [9.17, 15) is 9.59 Å². The van der Waals surface area contributed by atoms with E-state index in [1.807, 2.05) is 56.3 Å². The van der Waals surface area contributed by atoms with Crippen LogP contribution in [0.5, 0.6) is 5.75 Å². The van der Waals surface area contributed by atoms with Crippen LogP contribution in [0.25, 0.3) is 0 Å². The lowest BCUT2D eigenvalue weighted by atomic mass is 10.1. The minimum absolute atomic E-state index is 0.0869. The fourth-order valence-electron chi connectivity index (χ4n) is 2.99. The first-order valence-electron chi connectivity index (χ1n) is 8.77. The van der Waals surface area contributed by atoms with E-state index in [2.05, 4.69) is 10.6 Å². The maximum atomic E-state index is 12.3. The number of nitrogens with one attached hydrogen (secondary N) is 2. The Labute approximate surface area is 153 Å². The van der Waals surface area contributed by atoms with Crippen LogP contribution in [-0.4, -0.2) is 18.9 Å². The molecule has 2 N–H and O–H groups in total. The lowest BCUT2D eigenvalue weighted by molar-refractivity contribution is -0.125. The molecule has 1 saturated carbocycles. The van der Waals surface area contributed by atoms with E-state index in [-0.39, 0.29) is 23.7 Å². The van der Waals surface area contributed by atoms with E-state index < -0.39 is 0 Å². The average Bonchev–Trinajstić information content (AvgIpc) is 3.44. The first kappa shape index (κ1) is 18.0. The summed E-state index contributed by atoms with van der Waals surface area (Å²) in [6, 6.07) is 13.4. The molecule has 26 heavy (non-hydrogen) atoms. The van der Waals surface area contributed by atoms with Crippen LogP contribution >= 0.6 is 0 Å². The number of ether oxygens (including phenoxy) is 1. The Balaban J connectivity index is 1.51. The van der Waals surface area contributed by atoms with Gasteiger partial charge in [0.05, 0.1) is 18.9 Å². The molecule has 2 atom stereocenters. The highest BCUT2D eigenvalue weighted by molar-refractivity contribution is 5.99. The fourth-order valence-corrected chi connectivity index (χ4v) is 2.99. The van der Waals surface area contributed by atoms with Gasteiger partial charge in [-0.2, -0.15) is 0 Å². The molecule has 136 valence electrons. The molecule has 5 heteroatoms. The molecule has 0 bridgehead atoms. The molecule has 2 aromatic rings. The summed E-state index contributed by atoms with van der Waals surface area (Å²) in [5.74, 6) is 0.0556. The number of hydrogen-bond acceptors (Lipinski definition) is 3.